The zero-order valence-corrected chi connectivity index (χ0v) is 19.1. The highest BCUT2D eigenvalue weighted by atomic mass is 16.5. The summed E-state index contributed by atoms with van der Waals surface area (Å²) in [5.74, 6) is -0.608. The Morgan fingerprint density at radius 2 is 1.59 bits per heavy atom. The molecule has 2 fully saturated rings. The van der Waals surface area contributed by atoms with Crippen LogP contribution < -0.4 is 5.32 Å². The van der Waals surface area contributed by atoms with Gasteiger partial charge >= 0.3 is 12.1 Å². The van der Waals surface area contributed by atoms with Crippen molar-refractivity contribution in [2.24, 2.45) is 11.8 Å². The Morgan fingerprint density at radius 3 is 2.24 bits per heavy atom. The molecule has 34 heavy (non-hydrogen) atoms. The lowest BCUT2D eigenvalue weighted by molar-refractivity contribution is -0.145. The van der Waals surface area contributed by atoms with Crippen molar-refractivity contribution in [1.82, 2.24) is 10.2 Å². The summed E-state index contributed by atoms with van der Waals surface area (Å²) >= 11 is 0. The Labute approximate surface area is 199 Å². The summed E-state index contributed by atoms with van der Waals surface area (Å²) in [4.78, 5) is 37.8. The molecule has 0 radical (unpaired) electrons. The van der Waals surface area contributed by atoms with Crippen LogP contribution in [0.25, 0.3) is 11.1 Å². The van der Waals surface area contributed by atoms with Crippen molar-refractivity contribution in [3.8, 4) is 11.1 Å². The molecule has 1 heterocycles. The van der Waals surface area contributed by atoms with E-state index in [1.165, 1.54) is 22.3 Å². The molecular weight excluding hydrogens is 432 g/mol. The van der Waals surface area contributed by atoms with E-state index in [1.54, 1.807) is 4.90 Å². The third kappa shape index (κ3) is 4.52. The van der Waals surface area contributed by atoms with E-state index < -0.39 is 12.1 Å². The normalized spacial score (nSPS) is 21.5. The number of carbonyl (C=O) groups excluding carboxylic acids is 2. The number of fused-ring (bicyclic) bond motifs is 3. The van der Waals surface area contributed by atoms with E-state index in [0.29, 0.717) is 19.5 Å². The molecule has 1 aliphatic heterocycles. The van der Waals surface area contributed by atoms with Crippen molar-refractivity contribution in [1.29, 1.82) is 0 Å². The molecule has 7 heteroatoms. The number of hydrogen-bond donors (Lipinski definition) is 2. The van der Waals surface area contributed by atoms with Crippen LogP contribution in [-0.2, 0) is 14.3 Å². The van der Waals surface area contributed by atoms with Gasteiger partial charge in [0.25, 0.3) is 0 Å². The number of carboxylic acid groups (broad SMARTS) is 1. The minimum absolute atomic E-state index is 0.0178. The molecule has 0 spiro atoms. The molecule has 0 unspecified atom stereocenters. The topological polar surface area (TPSA) is 95.9 Å². The lowest BCUT2D eigenvalue weighted by Gasteiger charge is -2.39. The maximum atomic E-state index is 12.7. The van der Waals surface area contributed by atoms with Crippen molar-refractivity contribution in [2.45, 2.75) is 44.1 Å². The summed E-state index contributed by atoms with van der Waals surface area (Å²) in [7, 11) is 0. The summed E-state index contributed by atoms with van der Waals surface area (Å²) in [5.41, 5.74) is 4.74. The summed E-state index contributed by atoms with van der Waals surface area (Å²) in [6.07, 6.45) is 2.76. The first-order valence-corrected chi connectivity index (χ1v) is 12.1. The van der Waals surface area contributed by atoms with Crippen LogP contribution in [0, 0.1) is 11.8 Å². The number of amides is 2. The molecule has 1 saturated heterocycles. The van der Waals surface area contributed by atoms with Crippen molar-refractivity contribution >= 4 is 18.0 Å². The number of benzene rings is 2. The maximum Gasteiger partial charge on any atom is 0.407 e. The van der Waals surface area contributed by atoms with E-state index in [0.717, 1.165) is 19.3 Å². The highest BCUT2D eigenvalue weighted by Gasteiger charge is 2.36. The van der Waals surface area contributed by atoms with Crippen molar-refractivity contribution in [2.75, 3.05) is 19.7 Å². The van der Waals surface area contributed by atoms with Gasteiger partial charge in [0.2, 0.25) is 5.91 Å². The summed E-state index contributed by atoms with van der Waals surface area (Å²) < 4.78 is 5.68. The molecule has 0 bridgehead atoms. The lowest BCUT2D eigenvalue weighted by atomic mass is 9.93. The quantitative estimate of drug-likeness (QED) is 0.648. The van der Waals surface area contributed by atoms with Gasteiger partial charge in [0.05, 0.1) is 6.42 Å². The van der Waals surface area contributed by atoms with E-state index in [4.69, 9.17) is 9.84 Å². The number of aliphatic carboxylic acids is 1. The molecule has 1 saturated carbocycles. The van der Waals surface area contributed by atoms with Crippen LogP contribution in [0.2, 0.25) is 0 Å². The molecule has 2 amide bonds. The predicted molar refractivity (Wildman–Crippen MR) is 126 cm³/mol. The smallest absolute Gasteiger partial charge is 0.407 e. The van der Waals surface area contributed by atoms with Gasteiger partial charge in [-0.05, 0) is 41.0 Å². The molecule has 178 valence electrons. The standard InChI is InChI=1S/C27H30N2O5/c30-25(29-14-17(15-29)12-26(31)32)13-18-6-5-11-24(18)28-27(33)34-16-23-21-9-3-1-7-19(21)20-8-2-4-10-22(20)23/h1-4,7-10,17-18,23-24H,5-6,11-16H2,(H,28,33)(H,31,32)/t18-,24+/m0/s1. The van der Waals surface area contributed by atoms with Gasteiger partial charge in [0, 0.05) is 37.4 Å². The fourth-order valence-corrected chi connectivity index (χ4v) is 5.77. The minimum Gasteiger partial charge on any atom is -0.481 e. The van der Waals surface area contributed by atoms with Crippen molar-refractivity contribution in [3.63, 3.8) is 0 Å². The van der Waals surface area contributed by atoms with Crippen LogP contribution in [0.4, 0.5) is 4.79 Å². The minimum atomic E-state index is -0.819. The number of alkyl carbamates (subject to hydrolysis) is 1. The Bertz CT molecular complexity index is 1050. The first-order chi connectivity index (χ1) is 16.5. The fraction of sp³-hybridized carbons (Fsp3) is 0.444. The molecular formula is C27H30N2O5. The molecule has 0 aromatic heterocycles. The number of carboxylic acids is 1. The molecule has 2 aromatic carbocycles. The predicted octanol–water partition coefficient (Wildman–Crippen LogP) is 4.02. The Hall–Kier alpha value is -3.35. The zero-order chi connectivity index (χ0) is 23.7. The van der Waals surface area contributed by atoms with E-state index in [2.05, 4.69) is 29.6 Å². The molecule has 2 aromatic rings. The highest BCUT2D eigenvalue weighted by Crippen LogP contribution is 2.44. The van der Waals surface area contributed by atoms with Gasteiger partial charge in [0.15, 0.2) is 0 Å². The van der Waals surface area contributed by atoms with Crippen LogP contribution >= 0.6 is 0 Å². The highest BCUT2D eigenvalue weighted by molar-refractivity contribution is 5.79. The lowest BCUT2D eigenvalue weighted by Crippen LogP contribution is -2.51. The first-order valence-electron chi connectivity index (χ1n) is 12.1. The number of ether oxygens (including phenoxy) is 1. The Morgan fingerprint density at radius 1 is 0.941 bits per heavy atom. The number of carbonyl (C=O) groups is 3. The number of rotatable bonds is 7. The van der Waals surface area contributed by atoms with Gasteiger partial charge in [-0.1, -0.05) is 55.0 Å². The molecule has 7 nitrogen and oxygen atoms in total. The van der Waals surface area contributed by atoms with Crippen LogP contribution in [0.1, 0.15) is 49.1 Å². The first kappa shape index (κ1) is 22.4. The van der Waals surface area contributed by atoms with Crippen LogP contribution in [0.3, 0.4) is 0 Å². The van der Waals surface area contributed by atoms with Crippen LogP contribution in [0.15, 0.2) is 48.5 Å². The zero-order valence-electron chi connectivity index (χ0n) is 19.1. The molecule has 3 aliphatic rings. The van der Waals surface area contributed by atoms with Gasteiger partial charge in [-0.2, -0.15) is 0 Å². The van der Waals surface area contributed by atoms with E-state index in [9.17, 15) is 14.4 Å². The second kappa shape index (κ2) is 9.49. The average molecular weight is 463 g/mol. The van der Waals surface area contributed by atoms with Crippen LogP contribution in [-0.4, -0.2) is 53.7 Å². The fourth-order valence-electron chi connectivity index (χ4n) is 5.77. The van der Waals surface area contributed by atoms with Gasteiger partial charge in [0.1, 0.15) is 6.61 Å². The Kier molecular flexibility index (Phi) is 6.26. The summed E-state index contributed by atoms with van der Waals surface area (Å²) in [5, 5.41) is 11.9. The largest absolute Gasteiger partial charge is 0.481 e. The van der Waals surface area contributed by atoms with Gasteiger partial charge in [-0.15, -0.1) is 0 Å². The molecule has 2 aliphatic carbocycles. The molecule has 5 rings (SSSR count). The number of nitrogens with zero attached hydrogens (tertiary/aromatic N) is 1. The Balaban J connectivity index is 1.13. The third-order valence-electron chi connectivity index (χ3n) is 7.52. The van der Waals surface area contributed by atoms with E-state index in [-0.39, 0.29) is 42.7 Å². The third-order valence-corrected chi connectivity index (χ3v) is 7.52. The second-order valence-electron chi connectivity index (χ2n) is 9.73. The number of nitrogens with one attached hydrogen (secondary N) is 1. The van der Waals surface area contributed by atoms with Crippen molar-refractivity contribution in [3.05, 3.63) is 59.7 Å². The molecule has 2 N–H and O–H groups in total. The average Bonchev–Trinajstić information content (AvgIpc) is 3.36. The maximum absolute atomic E-state index is 12.7. The monoisotopic (exact) mass is 462 g/mol. The van der Waals surface area contributed by atoms with E-state index in [1.807, 2.05) is 24.3 Å². The van der Waals surface area contributed by atoms with Gasteiger partial charge < -0.3 is 20.1 Å². The van der Waals surface area contributed by atoms with E-state index >= 15 is 0 Å². The van der Waals surface area contributed by atoms with Gasteiger partial charge in [-0.25, -0.2) is 4.79 Å². The molecule has 2 atom stereocenters. The SMILES string of the molecule is O=C(O)CC1CN(C(=O)C[C@@H]2CCC[C@H]2NC(=O)OCC2c3ccccc3-c3ccccc32)C1. The van der Waals surface area contributed by atoms with Crippen LogP contribution in [0.5, 0.6) is 0 Å². The number of likely N-dealkylation sites (tertiary alicyclic amines) is 1. The van der Waals surface area contributed by atoms with Crippen molar-refractivity contribution < 1.29 is 24.2 Å². The summed E-state index contributed by atoms with van der Waals surface area (Å²) in [6.45, 7) is 1.31. The second-order valence-corrected chi connectivity index (χ2v) is 9.73. The van der Waals surface area contributed by atoms with Gasteiger partial charge in [-0.3, -0.25) is 9.59 Å². The summed E-state index contributed by atoms with van der Waals surface area (Å²) in [6, 6.07) is 16.4. The number of hydrogen-bond acceptors (Lipinski definition) is 4.